The largest absolute Gasteiger partial charge is 0.487 e. The molecule has 6 nitrogen and oxygen atoms in total. The van der Waals surface area contributed by atoms with Crippen LogP contribution in [0.3, 0.4) is 0 Å². The Kier molecular flexibility index (Phi) is 9.36. The average molecular weight is 550 g/mol. The third-order valence-corrected chi connectivity index (χ3v) is 5.62. The maximum atomic E-state index is 12.5. The van der Waals surface area contributed by atoms with Crippen molar-refractivity contribution >= 4 is 35.8 Å². The summed E-state index contributed by atoms with van der Waals surface area (Å²) in [7, 11) is 1.78. The van der Waals surface area contributed by atoms with E-state index in [1.807, 2.05) is 61.2 Å². The van der Waals surface area contributed by atoms with Crippen LogP contribution in [0.25, 0.3) is 0 Å². The Morgan fingerprint density at radius 1 is 1.12 bits per heavy atom. The van der Waals surface area contributed by atoms with Crippen molar-refractivity contribution in [2.45, 2.75) is 52.3 Å². The van der Waals surface area contributed by atoms with Crippen molar-refractivity contribution in [1.82, 2.24) is 15.5 Å². The number of benzene rings is 2. The van der Waals surface area contributed by atoms with Crippen molar-refractivity contribution in [2.75, 3.05) is 20.1 Å². The van der Waals surface area contributed by atoms with E-state index in [1.54, 1.807) is 7.05 Å². The number of fused-ring (bicyclic) bond motifs is 1. The van der Waals surface area contributed by atoms with E-state index in [0.717, 1.165) is 34.8 Å². The molecule has 0 radical (unpaired) electrons. The van der Waals surface area contributed by atoms with Crippen molar-refractivity contribution in [2.24, 2.45) is 4.99 Å². The topological polar surface area (TPSA) is 66.0 Å². The third-order valence-electron chi connectivity index (χ3n) is 5.62. The SMILES string of the molecule is CCN(CC)C(=O)c1ccc(CNC(=NC)NC2CC(C)(C)Oc3ccccc32)cc1.I. The van der Waals surface area contributed by atoms with Crippen molar-refractivity contribution in [3.8, 4) is 5.75 Å². The van der Waals surface area contributed by atoms with Crippen LogP contribution in [0.15, 0.2) is 53.5 Å². The molecule has 0 saturated carbocycles. The zero-order valence-electron chi connectivity index (χ0n) is 19.6. The molecule has 7 heteroatoms. The van der Waals surface area contributed by atoms with Gasteiger partial charge in [0.15, 0.2) is 5.96 Å². The van der Waals surface area contributed by atoms with Gasteiger partial charge in [0, 0.05) is 44.2 Å². The molecule has 32 heavy (non-hydrogen) atoms. The lowest BCUT2D eigenvalue weighted by Crippen LogP contribution is -2.45. The number of hydrogen-bond donors (Lipinski definition) is 2. The molecule has 0 saturated heterocycles. The standard InChI is InChI=1S/C25H34N4O2.HI/c1-6-29(7-2)23(30)19-14-12-18(13-15-19)17-27-24(26-5)28-21-16-25(3,4)31-22-11-9-8-10-20(21)22;/h8-15,21H,6-7,16-17H2,1-5H3,(H2,26,27,28);1H. The molecule has 0 aromatic heterocycles. The van der Waals surface area contributed by atoms with Gasteiger partial charge in [-0.15, -0.1) is 24.0 Å². The number of rotatable bonds is 6. The van der Waals surface area contributed by atoms with Gasteiger partial charge in [-0.05, 0) is 51.5 Å². The quantitative estimate of drug-likeness (QED) is 0.310. The number of nitrogens with one attached hydrogen (secondary N) is 2. The van der Waals surface area contributed by atoms with Crippen molar-refractivity contribution in [1.29, 1.82) is 0 Å². The smallest absolute Gasteiger partial charge is 0.253 e. The van der Waals surface area contributed by atoms with E-state index in [2.05, 4.69) is 35.5 Å². The van der Waals surface area contributed by atoms with Gasteiger partial charge in [-0.25, -0.2) is 0 Å². The number of guanidine groups is 1. The summed E-state index contributed by atoms with van der Waals surface area (Å²) in [5.74, 6) is 1.73. The van der Waals surface area contributed by atoms with E-state index in [0.29, 0.717) is 19.6 Å². The normalized spacial score (nSPS) is 16.8. The van der Waals surface area contributed by atoms with E-state index in [-0.39, 0.29) is 41.5 Å². The van der Waals surface area contributed by atoms with Gasteiger partial charge in [0.05, 0.1) is 6.04 Å². The highest BCUT2D eigenvalue weighted by molar-refractivity contribution is 14.0. The maximum absolute atomic E-state index is 12.5. The number of carbonyl (C=O) groups excluding carboxylic acids is 1. The summed E-state index contributed by atoms with van der Waals surface area (Å²) < 4.78 is 6.13. The molecule has 0 fully saturated rings. The van der Waals surface area contributed by atoms with E-state index in [1.165, 1.54) is 0 Å². The lowest BCUT2D eigenvalue weighted by atomic mass is 9.90. The molecule has 2 N–H and O–H groups in total. The van der Waals surface area contributed by atoms with Crippen LogP contribution in [0.1, 0.15) is 61.6 Å². The van der Waals surface area contributed by atoms with Gasteiger partial charge in [-0.2, -0.15) is 0 Å². The summed E-state index contributed by atoms with van der Waals surface area (Å²) in [5, 5.41) is 6.93. The van der Waals surface area contributed by atoms with Crippen LogP contribution < -0.4 is 15.4 Å². The van der Waals surface area contributed by atoms with Crippen molar-refractivity contribution < 1.29 is 9.53 Å². The van der Waals surface area contributed by atoms with E-state index >= 15 is 0 Å². The molecule has 0 aliphatic carbocycles. The monoisotopic (exact) mass is 550 g/mol. The number of halogens is 1. The molecule has 3 rings (SSSR count). The number of nitrogens with zero attached hydrogens (tertiary/aromatic N) is 2. The first-order valence-electron chi connectivity index (χ1n) is 11.0. The van der Waals surface area contributed by atoms with Crippen LogP contribution in [0.2, 0.25) is 0 Å². The van der Waals surface area contributed by atoms with E-state index < -0.39 is 0 Å². The highest BCUT2D eigenvalue weighted by Gasteiger charge is 2.33. The molecular formula is C25H35IN4O2. The zero-order chi connectivity index (χ0) is 22.4. The molecule has 1 amide bonds. The number of hydrogen-bond acceptors (Lipinski definition) is 3. The second-order valence-corrected chi connectivity index (χ2v) is 8.40. The van der Waals surface area contributed by atoms with Crippen LogP contribution in [-0.2, 0) is 6.54 Å². The average Bonchev–Trinajstić information content (AvgIpc) is 2.76. The number of amides is 1. The Morgan fingerprint density at radius 2 is 1.78 bits per heavy atom. The van der Waals surface area contributed by atoms with E-state index in [4.69, 9.17) is 4.74 Å². The summed E-state index contributed by atoms with van der Waals surface area (Å²) >= 11 is 0. The Labute approximate surface area is 208 Å². The van der Waals surface area contributed by atoms with Gasteiger partial charge in [0.1, 0.15) is 11.4 Å². The Morgan fingerprint density at radius 3 is 2.41 bits per heavy atom. The molecule has 1 aliphatic rings. The summed E-state index contributed by atoms with van der Waals surface area (Å²) in [6.45, 7) is 10.3. The summed E-state index contributed by atoms with van der Waals surface area (Å²) in [6.07, 6.45) is 0.840. The minimum absolute atomic E-state index is 0. The number of aliphatic imine (C=N–C) groups is 1. The third kappa shape index (κ3) is 6.37. The van der Waals surface area contributed by atoms with Gasteiger partial charge in [-0.1, -0.05) is 30.3 Å². The van der Waals surface area contributed by atoms with Gasteiger partial charge in [0.25, 0.3) is 5.91 Å². The first-order valence-corrected chi connectivity index (χ1v) is 11.0. The summed E-state index contributed by atoms with van der Waals surface area (Å²) in [4.78, 5) is 18.7. The first-order chi connectivity index (χ1) is 14.9. The minimum Gasteiger partial charge on any atom is -0.487 e. The molecule has 1 aliphatic heterocycles. The second kappa shape index (κ2) is 11.5. The molecule has 174 valence electrons. The first kappa shape index (κ1) is 26.0. The Hall–Kier alpha value is -2.29. The maximum Gasteiger partial charge on any atom is 0.253 e. The van der Waals surface area contributed by atoms with Crippen LogP contribution in [-0.4, -0.2) is 42.5 Å². The van der Waals surface area contributed by atoms with Crippen LogP contribution in [0.5, 0.6) is 5.75 Å². The zero-order valence-corrected chi connectivity index (χ0v) is 22.0. The van der Waals surface area contributed by atoms with Crippen LogP contribution >= 0.6 is 24.0 Å². The lowest BCUT2D eigenvalue weighted by Gasteiger charge is -2.38. The number of para-hydroxylation sites is 1. The van der Waals surface area contributed by atoms with Crippen molar-refractivity contribution in [3.63, 3.8) is 0 Å². The van der Waals surface area contributed by atoms with Gasteiger partial charge >= 0.3 is 0 Å². The van der Waals surface area contributed by atoms with Crippen LogP contribution in [0, 0.1) is 0 Å². The molecule has 1 atom stereocenters. The van der Waals surface area contributed by atoms with E-state index in [9.17, 15) is 4.79 Å². The fourth-order valence-electron chi connectivity index (χ4n) is 3.94. The van der Waals surface area contributed by atoms with Crippen LogP contribution in [0.4, 0.5) is 0 Å². The Balaban J connectivity index is 0.00000363. The molecule has 2 aromatic rings. The molecule has 0 spiro atoms. The fourth-order valence-corrected chi connectivity index (χ4v) is 3.94. The van der Waals surface area contributed by atoms with Gasteiger partial charge < -0.3 is 20.3 Å². The summed E-state index contributed by atoms with van der Waals surface area (Å²) in [6, 6.07) is 16.0. The van der Waals surface area contributed by atoms with Gasteiger partial charge in [-0.3, -0.25) is 9.79 Å². The molecule has 1 heterocycles. The van der Waals surface area contributed by atoms with Gasteiger partial charge in [0.2, 0.25) is 0 Å². The number of ether oxygens (including phenoxy) is 1. The lowest BCUT2D eigenvalue weighted by molar-refractivity contribution is 0.0693. The fraction of sp³-hybridized carbons (Fsp3) is 0.440. The predicted molar refractivity (Wildman–Crippen MR) is 141 cm³/mol. The molecular weight excluding hydrogens is 515 g/mol. The highest BCUT2D eigenvalue weighted by Crippen LogP contribution is 2.39. The minimum atomic E-state index is -0.252. The highest BCUT2D eigenvalue weighted by atomic mass is 127. The second-order valence-electron chi connectivity index (χ2n) is 8.40. The van der Waals surface area contributed by atoms with Crippen molar-refractivity contribution in [3.05, 3.63) is 65.2 Å². The summed E-state index contributed by atoms with van der Waals surface area (Å²) in [5.41, 5.74) is 2.70. The molecule has 2 aromatic carbocycles. The molecule has 0 bridgehead atoms. The predicted octanol–water partition coefficient (Wildman–Crippen LogP) is 4.75. The number of carbonyl (C=O) groups is 1. The Bertz CT molecular complexity index is 924. The molecule has 1 unspecified atom stereocenters.